The number of β-amino-alcohol motifs (C(OH)–C–C–N with tert-alkyl or cyclic N) is 1. The molecule has 2 rings (SSSR count). The van der Waals surface area contributed by atoms with E-state index in [9.17, 15) is 14.3 Å². The lowest BCUT2D eigenvalue weighted by Crippen LogP contribution is -2.62. The first kappa shape index (κ1) is 14.5. The number of methoxy groups -OCH3 is 1. The highest BCUT2D eigenvalue weighted by Gasteiger charge is 2.41. The SMILES string of the molecule is CCC1(O)CN(C(=O)C=Cc2ccc(OC)c(F)c2)C1. The van der Waals surface area contributed by atoms with E-state index in [1.807, 2.05) is 6.92 Å². The van der Waals surface area contributed by atoms with Crippen molar-refractivity contribution in [3.05, 3.63) is 35.7 Å². The Labute approximate surface area is 117 Å². The number of hydrogen-bond donors (Lipinski definition) is 1. The van der Waals surface area contributed by atoms with E-state index >= 15 is 0 Å². The molecule has 1 heterocycles. The Morgan fingerprint density at radius 2 is 2.25 bits per heavy atom. The van der Waals surface area contributed by atoms with Crippen LogP contribution in [0.2, 0.25) is 0 Å². The molecule has 1 aromatic rings. The molecule has 1 aliphatic heterocycles. The van der Waals surface area contributed by atoms with Gasteiger partial charge in [-0.2, -0.15) is 0 Å². The average molecular weight is 279 g/mol. The van der Waals surface area contributed by atoms with Crippen LogP contribution in [0, 0.1) is 5.82 Å². The van der Waals surface area contributed by atoms with Gasteiger partial charge in [-0.3, -0.25) is 4.79 Å². The molecule has 1 N–H and O–H groups in total. The summed E-state index contributed by atoms with van der Waals surface area (Å²) < 4.78 is 18.3. The number of amides is 1. The lowest BCUT2D eigenvalue weighted by molar-refractivity contribution is -0.150. The van der Waals surface area contributed by atoms with Gasteiger partial charge < -0.3 is 14.7 Å². The molecule has 0 radical (unpaired) electrons. The average Bonchev–Trinajstić information content (AvgIpc) is 2.41. The maximum absolute atomic E-state index is 13.5. The van der Waals surface area contributed by atoms with Gasteiger partial charge in [-0.25, -0.2) is 4.39 Å². The van der Waals surface area contributed by atoms with E-state index in [0.717, 1.165) is 0 Å². The topological polar surface area (TPSA) is 49.8 Å². The minimum Gasteiger partial charge on any atom is -0.494 e. The molecule has 108 valence electrons. The quantitative estimate of drug-likeness (QED) is 0.855. The normalized spacial score (nSPS) is 17.1. The molecule has 20 heavy (non-hydrogen) atoms. The molecule has 0 aliphatic carbocycles. The minimum atomic E-state index is -0.740. The van der Waals surface area contributed by atoms with Gasteiger partial charge in [0.25, 0.3) is 0 Å². The first-order valence-corrected chi connectivity index (χ1v) is 6.50. The monoisotopic (exact) mass is 279 g/mol. The van der Waals surface area contributed by atoms with Gasteiger partial charge in [-0.05, 0) is 30.2 Å². The molecule has 1 amide bonds. The Hall–Kier alpha value is -1.88. The molecule has 1 fully saturated rings. The van der Waals surface area contributed by atoms with Crippen LogP contribution in [0.4, 0.5) is 4.39 Å². The van der Waals surface area contributed by atoms with Gasteiger partial charge in [0.1, 0.15) is 0 Å². The molecule has 0 saturated carbocycles. The highest BCUT2D eigenvalue weighted by Crippen LogP contribution is 2.24. The molecule has 0 bridgehead atoms. The van der Waals surface area contributed by atoms with E-state index in [1.165, 1.54) is 25.3 Å². The fourth-order valence-electron chi connectivity index (χ4n) is 2.10. The van der Waals surface area contributed by atoms with Crippen LogP contribution in [0.15, 0.2) is 24.3 Å². The van der Waals surface area contributed by atoms with Gasteiger partial charge in [-0.15, -0.1) is 0 Å². The zero-order chi connectivity index (χ0) is 14.8. The van der Waals surface area contributed by atoms with Crippen molar-refractivity contribution in [2.45, 2.75) is 18.9 Å². The number of hydrogen-bond acceptors (Lipinski definition) is 3. The van der Waals surface area contributed by atoms with Crippen molar-refractivity contribution < 1.29 is 19.0 Å². The smallest absolute Gasteiger partial charge is 0.246 e. The van der Waals surface area contributed by atoms with E-state index in [4.69, 9.17) is 4.74 Å². The molecule has 0 unspecified atom stereocenters. The molecule has 5 heteroatoms. The number of carbonyl (C=O) groups excluding carboxylic acids is 1. The van der Waals surface area contributed by atoms with Crippen molar-refractivity contribution in [2.24, 2.45) is 0 Å². The summed E-state index contributed by atoms with van der Waals surface area (Å²) >= 11 is 0. The largest absolute Gasteiger partial charge is 0.494 e. The second kappa shape index (κ2) is 5.63. The third-order valence-electron chi connectivity index (χ3n) is 3.53. The predicted molar refractivity (Wildman–Crippen MR) is 73.8 cm³/mol. The summed E-state index contributed by atoms with van der Waals surface area (Å²) in [6.45, 7) is 2.59. The zero-order valence-electron chi connectivity index (χ0n) is 11.6. The third kappa shape index (κ3) is 2.99. The summed E-state index contributed by atoms with van der Waals surface area (Å²) in [5.41, 5.74) is -0.154. The number of halogens is 1. The molecule has 4 nitrogen and oxygen atoms in total. The van der Waals surface area contributed by atoms with Crippen LogP contribution in [0.1, 0.15) is 18.9 Å². The first-order chi connectivity index (χ1) is 9.47. The van der Waals surface area contributed by atoms with Crippen LogP contribution in [0.5, 0.6) is 5.75 Å². The van der Waals surface area contributed by atoms with Crippen LogP contribution < -0.4 is 4.74 Å². The van der Waals surface area contributed by atoms with Gasteiger partial charge in [0, 0.05) is 6.08 Å². The fourth-order valence-corrected chi connectivity index (χ4v) is 2.10. The summed E-state index contributed by atoms with van der Waals surface area (Å²) in [4.78, 5) is 13.4. The number of aliphatic hydroxyl groups is 1. The summed E-state index contributed by atoms with van der Waals surface area (Å²) in [5.74, 6) is -0.477. The van der Waals surface area contributed by atoms with Crippen molar-refractivity contribution in [1.82, 2.24) is 4.90 Å². The summed E-state index contributed by atoms with van der Waals surface area (Å²) in [6.07, 6.45) is 3.56. The van der Waals surface area contributed by atoms with Crippen molar-refractivity contribution in [3.63, 3.8) is 0 Å². The van der Waals surface area contributed by atoms with Crippen LogP contribution in [0.25, 0.3) is 6.08 Å². The Morgan fingerprint density at radius 1 is 1.55 bits per heavy atom. The van der Waals surface area contributed by atoms with Crippen LogP contribution in [0.3, 0.4) is 0 Å². The number of rotatable bonds is 4. The second-order valence-corrected chi connectivity index (χ2v) is 5.00. The Bertz CT molecular complexity index is 536. The molecule has 1 aromatic carbocycles. The molecule has 0 aromatic heterocycles. The number of nitrogens with zero attached hydrogens (tertiary/aromatic N) is 1. The highest BCUT2D eigenvalue weighted by atomic mass is 19.1. The number of benzene rings is 1. The molecular formula is C15H18FNO3. The van der Waals surface area contributed by atoms with E-state index in [2.05, 4.69) is 0 Å². The van der Waals surface area contributed by atoms with Gasteiger partial charge in [-0.1, -0.05) is 13.0 Å². The molecular weight excluding hydrogens is 261 g/mol. The number of likely N-dealkylation sites (tertiary alicyclic amines) is 1. The van der Waals surface area contributed by atoms with E-state index < -0.39 is 11.4 Å². The van der Waals surface area contributed by atoms with Gasteiger partial charge in [0.2, 0.25) is 5.91 Å². The standard InChI is InChI=1S/C15H18FNO3/c1-3-15(19)9-17(10-15)14(18)7-5-11-4-6-13(20-2)12(16)8-11/h4-8,19H,3,9-10H2,1-2H3. The highest BCUT2D eigenvalue weighted by molar-refractivity contribution is 5.92. The van der Waals surface area contributed by atoms with Crippen molar-refractivity contribution in [1.29, 1.82) is 0 Å². The Kier molecular flexibility index (Phi) is 4.09. The predicted octanol–water partition coefficient (Wildman–Crippen LogP) is 1.83. The second-order valence-electron chi connectivity index (χ2n) is 5.00. The summed E-state index contributed by atoms with van der Waals surface area (Å²) in [7, 11) is 1.40. The third-order valence-corrected chi connectivity index (χ3v) is 3.53. The van der Waals surface area contributed by atoms with Crippen LogP contribution in [-0.2, 0) is 4.79 Å². The van der Waals surface area contributed by atoms with Crippen LogP contribution in [-0.4, -0.2) is 41.7 Å². The molecule has 1 aliphatic rings. The van der Waals surface area contributed by atoms with Gasteiger partial charge in [0.05, 0.1) is 25.8 Å². The Balaban J connectivity index is 1.96. The first-order valence-electron chi connectivity index (χ1n) is 6.50. The molecule has 1 saturated heterocycles. The van der Waals surface area contributed by atoms with Gasteiger partial charge >= 0.3 is 0 Å². The fraction of sp³-hybridized carbons (Fsp3) is 0.400. The minimum absolute atomic E-state index is 0.171. The van der Waals surface area contributed by atoms with Crippen LogP contribution >= 0.6 is 0 Å². The molecule has 0 atom stereocenters. The van der Waals surface area contributed by atoms with Crippen molar-refractivity contribution in [2.75, 3.05) is 20.2 Å². The zero-order valence-corrected chi connectivity index (χ0v) is 11.6. The van der Waals surface area contributed by atoms with Crippen molar-refractivity contribution >= 4 is 12.0 Å². The molecule has 0 spiro atoms. The lowest BCUT2D eigenvalue weighted by Gasteiger charge is -2.45. The maximum atomic E-state index is 13.5. The lowest BCUT2D eigenvalue weighted by atomic mass is 9.91. The van der Waals surface area contributed by atoms with E-state index in [1.54, 1.807) is 17.0 Å². The van der Waals surface area contributed by atoms with Crippen molar-refractivity contribution in [3.8, 4) is 5.75 Å². The number of ether oxygens (including phenoxy) is 1. The Morgan fingerprint density at radius 3 is 2.80 bits per heavy atom. The van der Waals surface area contributed by atoms with E-state index in [0.29, 0.717) is 25.1 Å². The summed E-state index contributed by atoms with van der Waals surface area (Å²) in [5, 5.41) is 9.84. The number of carbonyl (C=O) groups is 1. The van der Waals surface area contributed by atoms with E-state index in [-0.39, 0.29) is 11.7 Å². The maximum Gasteiger partial charge on any atom is 0.246 e. The summed E-state index contributed by atoms with van der Waals surface area (Å²) in [6, 6.07) is 4.49. The van der Waals surface area contributed by atoms with Gasteiger partial charge in [0.15, 0.2) is 11.6 Å².